The second-order valence-corrected chi connectivity index (χ2v) is 1.84. The standard InChI is InChI=1S/C8H7O.CH3.Y/c1-7(9)8-5-3-2-4-6-8;;/h3-6H,1H3;1H3;/q2*-1;. The van der Waals surface area contributed by atoms with E-state index < -0.39 is 0 Å². The summed E-state index contributed by atoms with van der Waals surface area (Å²) >= 11 is 0. The molecule has 0 aliphatic carbocycles. The van der Waals surface area contributed by atoms with Gasteiger partial charge in [0.1, 0.15) is 5.78 Å². The van der Waals surface area contributed by atoms with Crippen molar-refractivity contribution >= 4 is 5.78 Å². The van der Waals surface area contributed by atoms with E-state index in [9.17, 15) is 4.79 Å². The Morgan fingerprint density at radius 1 is 1.36 bits per heavy atom. The van der Waals surface area contributed by atoms with Crippen molar-refractivity contribution in [1.82, 2.24) is 0 Å². The van der Waals surface area contributed by atoms with Crippen molar-refractivity contribution in [3.05, 3.63) is 43.3 Å². The van der Waals surface area contributed by atoms with Gasteiger partial charge in [-0.15, -0.1) is 0 Å². The molecule has 1 rings (SSSR count). The van der Waals surface area contributed by atoms with E-state index >= 15 is 0 Å². The van der Waals surface area contributed by atoms with Crippen LogP contribution >= 0.6 is 0 Å². The fourth-order valence-electron chi connectivity index (χ4n) is 0.622. The van der Waals surface area contributed by atoms with Crippen LogP contribution in [0.3, 0.4) is 0 Å². The summed E-state index contributed by atoms with van der Waals surface area (Å²) in [6, 6.07) is 9.81. The van der Waals surface area contributed by atoms with Gasteiger partial charge in [-0.05, 0) is 6.92 Å². The van der Waals surface area contributed by atoms with Crippen molar-refractivity contribution in [3.8, 4) is 0 Å². The Morgan fingerprint density at radius 3 is 2.09 bits per heavy atom. The zero-order valence-corrected chi connectivity index (χ0v) is 9.63. The minimum Gasteiger partial charge on any atom is -0.358 e. The Hall–Kier alpha value is -0.00610. The molecule has 57 valence electrons. The van der Waals surface area contributed by atoms with Crippen molar-refractivity contribution in [2.75, 3.05) is 0 Å². The van der Waals surface area contributed by atoms with E-state index in [-0.39, 0.29) is 45.9 Å². The van der Waals surface area contributed by atoms with Gasteiger partial charge in [-0.1, -0.05) is 5.56 Å². The number of Topliss-reactive ketones (excluding diaryl/α,β-unsaturated/α-hetero) is 1. The molecule has 1 radical (unpaired) electrons. The van der Waals surface area contributed by atoms with Crippen LogP contribution < -0.4 is 0 Å². The van der Waals surface area contributed by atoms with Crippen molar-refractivity contribution in [2.45, 2.75) is 6.92 Å². The second-order valence-electron chi connectivity index (χ2n) is 1.84. The smallest absolute Gasteiger partial charge is 0.135 e. The molecule has 0 N–H and O–H groups in total. The molecule has 0 amide bonds. The average Bonchev–Trinajstić information content (AvgIpc) is 1.90. The molecule has 0 fully saturated rings. The van der Waals surface area contributed by atoms with Crippen molar-refractivity contribution in [2.24, 2.45) is 0 Å². The van der Waals surface area contributed by atoms with Gasteiger partial charge in [-0.2, -0.15) is 30.3 Å². The topological polar surface area (TPSA) is 17.1 Å². The van der Waals surface area contributed by atoms with Gasteiger partial charge in [-0.3, -0.25) is 4.79 Å². The monoisotopic (exact) mass is 223 g/mol. The maximum absolute atomic E-state index is 10.6. The molecule has 0 heterocycles. The Morgan fingerprint density at radius 2 is 1.82 bits per heavy atom. The summed E-state index contributed by atoms with van der Waals surface area (Å²) in [5, 5.41) is 0. The van der Waals surface area contributed by atoms with E-state index in [2.05, 4.69) is 6.07 Å². The summed E-state index contributed by atoms with van der Waals surface area (Å²) in [5.41, 5.74) is 0.744. The third kappa shape index (κ3) is 4.44. The summed E-state index contributed by atoms with van der Waals surface area (Å²) in [6.45, 7) is 1.55. The first-order valence-electron chi connectivity index (χ1n) is 2.78. The summed E-state index contributed by atoms with van der Waals surface area (Å²) in [4.78, 5) is 10.6. The zero-order chi connectivity index (χ0) is 6.69. The maximum atomic E-state index is 10.6. The van der Waals surface area contributed by atoms with E-state index in [1.165, 1.54) is 0 Å². The van der Waals surface area contributed by atoms with Crippen molar-refractivity contribution in [1.29, 1.82) is 0 Å². The molecule has 0 atom stereocenters. The fourth-order valence-corrected chi connectivity index (χ4v) is 0.622. The molecule has 1 aromatic rings. The van der Waals surface area contributed by atoms with E-state index in [4.69, 9.17) is 0 Å². The molecule has 0 saturated heterocycles. The predicted octanol–water partition coefficient (Wildman–Crippen LogP) is 2.14. The largest absolute Gasteiger partial charge is 0.358 e. The third-order valence-electron chi connectivity index (χ3n) is 1.12. The number of ketones is 1. The number of carbonyl (C=O) groups is 1. The minimum atomic E-state index is 0. The molecular weight excluding hydrogens is 213 g/mol. The van der Waals surface area contributed by atoms with Gasteiger partial charge >= 0.3 is 0 Å². The van der Waals surface area contributed by atoms with Gasteiger partial charge in [0.25, 0.3) is 0 Å². The van der Waals surface area contributed by atoms with Crippen LogP contribution in [0.4, 0.5) is 0 Å². The Bertz CT molecular complexity index is 206. The molecule has 2 heteroatoms. The molecule has 0 unspecified atom stereocenters. The summed E-state index contributed by atoms with van der Waals surface area (Å²) < 4.78 is 0. The van der Waals surface area contributed by atoms with Gasteiger partial charge < -0.3 is 7.43 Å². The predicted molar refractivity (Wildman–Crippen MR) is 41.7 cm³/mol. The Kier molecular flexibility index (Phi) is 8.25. The van der Waals surface area contributed by atoms with Crippen LogP contribution in [0.15, 0.2) is 24.3 Å². The number of carbonyl (C=O) groups excluding carboxylic acids is 1. The Balaban J connectivity index is 0. The molecule has 0 aliphatic rings. The van der Waals surface area contributed by atoms with Gasteiger partial charge in [0.15, 0.2) is 0 Å². The van der Waals surface area contributed by atoms with Crippen LogP contribution in [0, 0.1) is 13.5 Å². The molecule has 0 spiro atoms. The van der Waals surface area contributed by atoms with Crippen LogP contribution in [0.2, 0.25) is 0 Å². The van der Waals surface area contributed by atoms with E-state index in [1.807, 2.05) is 0 Å². The normalized spacial score (nSPS) is 7.36. The van der Waals surface area contributed by atoms with Crippen molar-refractivity contribution in [3.63, 3.8) is 0 Å². The fraction of sp³-hybridized carbons (Fsp3) is 0.111. The molecule has 0 bridgehead atoms. The van der Waals surface area contributed by atoms with E-state index in [0.717, 1.165) is 5.56 Å². The summed E-state index contributed by atoms with van der Waals surface area (Å²) in [6.07, 6.45) is 0. The van der Waals surface area contributed by atoms with Crippen LogP contribution in [0.5, 0.6) is 0 Å². The third-order valence-corrected chi connectivity index (χ3v) is 1.12. The first kappa shape index (κ1) is 13.6. The molecular formula is C9H10OY-2. The quantitative estimate of drug-likeness (QED) is 0.526. The molecule has 0 aliphatic heterocycles. The number of hydrogen-bond donors (Lipinski definition) is 0. The molecule has 1 nitrogen and oxygen atoms in total. The Labute approximate surface area is 93.1 Å². The summed E-state index contributed by atoms with van der Waals surface area (Å²) in [5.74, 6) is 0.101. The van der Waals surface area contributed by atoms with Crippen LogP contribution in [-0.2, 0) is 32.7 Å². The SMILES string of the molecule is CC(=O)c1cc[c-]cc1.[CH3-].[Y]. The first-order valence-corrected chi connectivity index (χ1v) is 2.78. The first-order chi connectivity index (χ1) is 4.30. The summed E-state index contributed by atoms with van der Waals surface area (Å²) in [7, 11) is 0. The average molecular weight is 223 g/mol. The minimum absolute atomic E-state index is 0. The number of rotatable bonds is 1. The van der Waals surface area contributed by atoms with Crippen LogP contribution in [0.1, 0.15) is 17.3 Å². The van der Waals surface area contributed by atoms with Gasteiger partial charge in [0.2, 0.25) is 0 Å². The molecule has 1 aromatic carbocycles. The number of benzene rings is 1. The van der Waals surface area contributed by atoms with Crippen LogP contribution in [-0.4, -0.2) is 5.78 Å². The molecule has 0 aromatic heterocycles. The van der Waals surface area contributed by atoms with Crippen molar-refractivity contribution < 1.29 is 37.5 Å². The second kappa shape index (κ2) is 6.69. The van der Waals surface area contributed by atoms with E-state index in [0.29, 0.717) is 0 Å². The van der Waals surface area contributed by atoms with Crippen LogP contribution in [0.25, 0.3) is 0 Å². The number of hydrogen-bond acceptors (Lipinski definition) is 1. The zero-order valence-electron chi connectivity index (χ0n) is 6.79. The maximum Gasteiger partial charge on any atom is 0.135 e. The van der Waals surface area contributed by atoms with Gasteiger partial charge in [0, 0.05) is 32.7 Å². The van der Waals surface area contributed by atoms with E-state index in [1.54, 1.807) is 31.2 Å². The molecule has 11 heavy (non-hydrogen) atoms. The van der Waals surface area contributed by atoms with Gasteiger partial charge in [-0.25, -0.2) is 0 Å². The van der Waals surface area contributed by atoms with Gasteiger partial charge in [0.05, 0.1) is 0 Å². The molecule has 0 saturated carbocycles.